The number of carbonyl (C=O) groups is 2. The Balaban J connectivity index is 1.75. The van der Waals surface area contributed by atoms with E-state index in [1.165, 1.54) is 0 Å². The van der Waals surface area contributed by atoms with Crippen LogP contribution in [0.15, 0.2) is 48.5 Å². The summed E-state index contributed by atoms with van der Waals surface area (Å²) in [6.45, 7) is 5.00. The summed E-state index contributed by atoms with van der Waals surface area (Å²) in [6.07, 6.45) is 2.00. The maximum atomic E-state index is 12.8. The van der Waals surface area contributed by atoms with Crippen LogP contribution in [-0.2, 0) is 0 Å². The van der Waals surface area contributed by atoms with Gasteiger partial charge in [-0.05, 0) is 57.5 Å². The van der Waals surface area contributed by atoms with Gasteiger partial charge in [-0.25, -0.2) is 0 Å². The van der Waals surface area contributed by atoms with Crippen LogP contribution < -0.4 is 16.0 Å². The third kappa shape index (κ3) is 4.29. The van der Waals surface area contributed by atoms with Gasteiger partial charge in [0.2, 0.25) is 0 Å². The molecular weight excluding hydrogens is 326 g/mol. The van der Waals surface area contributed by atoms with Gasteiger partial charge in [-0.2, -0.15) is 0 Å². The van der Waals surface area contributed by atoms with E-state index in [-0.39, 0.29) is 23.9 Å². The molecule has 0 saturated carbocycles. The van der Waals surface area contributed by atoms with Crippen LogP contribution in [0.5, 0.6) is 0 Å². The van der Waals surface area contributed by atoms with Gasteiger partial charge in [0.15, 0.2) is 0 Å². The van der Waals surface area contributed by atoms with E-state index in [9.17, 15) is 9.59 Å². The van der Waals surface area contributed by atoms with Crippen molar-refractivity contribution in [1.29, 1.82) is 0 Å². The Hall–Kier alpha value is -2.66. The molecule has 0 aliphatic carbocycles. The van der Waals surface area contributed by atoms with E-state index in [1.54, 1.807) is 24.3 Å². The van der Waals surface area contributed by atoms with Crippen molar-refractivity contribution in [2.75, 3.05) is 11.9 Å². The topological polar surface area (TPSA) is 70.2 Å². The van der Waals surface area contributed by atoms with Crippen LogP contribution in [0.3, 0.4) is 0 Å². The average Bonchev–Trinajstić information content (AvgIpc) is 2.64. The van der Waals surface area contributed by atoms with Gasteiger partial charge >= 0.3 is 0 Å². The molecule has 0 bridgehead atoms. The number of benzene rings is 2. The zero-order valence-corrected chi connectivity index (χ0v) is 15.2. The first-order valence-electron chi connectivity index (χ1n) is 9.06. The molecule has 3 N–H and O–H groups in total. The maximum absolute atomic E-state index is 12.8. The van der Waals surface area contributed by atoms with Crippen LogP contribution in [0.1, 0.15) is 46.0 Å². The van der Waals surface area contributed by atoms with E-state index >= 15 is 0 Å². The Kier molecular flexibility index (Phi) is 5.68. The Morgan fingerprint density at radius 1 is 1.08 bits per heavy atom. The molecule has 2 unspecified atom stereocenters. The SMILES string of the molecule is Cc1cccc(C(=O)Nc2ccccc2C(=O)NC2CCCNC2C)c1. The standard InChI is InChI=1S/C21H25N3O2/c1-14-7-5-8-16(13-14)20(25)24-19-10-4-3-9-17(19)21(26)23-18-11-6-12-22-15(18)2/h3-5,7-10,13,15,18,22H,6,11-12H2,1-2H3,(H,23,26)(H,24,25). The van der Waals surface area contributed by atoms with Crippen molar-refractivity contribution < 1.29 is 9.59 Å². The second-order valence-corrected chi connectivity index (χ2v) is 6.83. The van der Waals surface area contributed by atoms with E-state index in [4.69, 9.17) is 0 Å². The summed E-state index contributed by atoms with van der Waals surface area (Å²) in [5, 5.41) is 9.34. The van der Waals surface area contributed by atoms with Crippen molar-refractivity contribution >= 4 is 17.5 Å². The molecule has 0 aromatic heterocycles. The van der Waals surface area contributed by atoms with Crippen molar-refractivity contribution in [2.24, 2.45) is 0 Å². The first-order valence-corrected chi connectivity index (χ1v) is 9.06. The molecule has 2 amide bonds. The second-order valence-electron chi connectivity index (χ2n) is 6.83. The number of piperidine rings is 1. The third-order valence-corrected chi connectivity index (χ3v) is 4.78. The molecule has 26 heavy (non-hydrogen) atoms. The number of rotatable bonds is 4. The van der Waals surface area contributed by atoms with Crippen molar-refractivity contribution in [3.8, 4) is 0 Å². The van der Waals surface area contributed by atoms with Crippen molar-refractivity contribution in [3.63, 3.8) is 0 Å². The second kappa shape index (κ2) is 8.15. The summed E-state index contributed by atoms with van der Waals surface area (Å²) in [7, 11) is 0. The smallest absolute Gasteiger partial charge is 0.255 e. The molecule has 2 aromatic rings. The lowest BCUT2D eigenvalue weighted by molar-refractivity contribution is 0.0920. The van der Waals surface area contributed by atoms with Gasteiger partial charge in [0, 0.05) is 17.6 Å². The maximum Gasteiger partial charge on any atom is 0.255 e. The lowest BCUT2D eigenvalue weighted by atomic mass is 9.99. The Labute approximate surface area is 154 Å². The lowest BCUT2D eigenvalue weighted by Crippen LogP contribution is -2.52. The molecule has 5 heteroatoms. The molecule has 136 valence electrons. The Morgan fingerprint density at radius 2 is 1.88 bits per heavy atom. The predicted octanol–water partition coefficient (Wildman–Crippen LogP) is 3.12. The summed E-state index contributed by atoms with van der Waals surface area (Å²) < 4.78 is 0. The number of para-hydroxylation sites is 1. The van der Waals surface area contributed by atoms with E-state index in [0.717, 1.165) is 24.9 Å². The van der Waals surface area contributed by atoms with Crippen LogP contribution in [0, 0.1) is 6.92 Å². The van der Waals surface area contributed by atoms with Crippen molar-refractivity contribution in [3.05, 3.63) is 65.2 Å². The number of carbonyl (C=O) groups excluding carboxylic acids is 2. The largest absolute Gasteiger partial charge is 0.348 e. The quantitative estimate of drug-likeness (QED) is 0.793. The third-order valence-electron chi connectivity index (χ3n) is 4.78. The normalized spacial score (nSPS) is 19.6. The van der Waals surface area contributed by atoms with Crippen LogP contribution in [-0.4, -0.2) is 30.4 Å². The van der Waals surface area contributed by atoms with E-state index < -0.39 is 0 Å². The fourth-order valence-electron chi connectivity index (χ4n) is 3.26. The first kappa shape index (κ1) is 18.1. The van der Waals surface area contributed by atoms with Crippen molar-refractivity contribution in [2.45, 2.75) is 38.8 Å². The minimum Gasteiger partial charge on any atom is -0.348 e. The summed E-state index contributed by atoms with van der Waals surface area (Å²) in [5.41, 5.74) is 2.59. The first-order chi connectivity index (χ1) is 12.5. The number of hydrogen-bond donors (Lipinski definition) is 3. The minimum absolute atomic E-state index is 0.0942. The van der Waals surface area contributed by atoms with Gasteiger partial charge in [0.1, 0.15) is 0 Å². The van der Waals surface area contributed by atoms with Crippen LogP contribution in [0.4, 0.5) is 5.69 Å². The highest BCUT2D eigenvalue weighted by Gasteiger charge is 2.24. The van der Waals surface area contributed by atoms with Gasteiger partial charge in [-0.3, -0.25) is 9.59 Å². The van der Waals surface area contributed by atoms with Crippen LogP contribution in [0.25, 0.3) is 0 Å². The zero-order chi connectivity index (χ0) is 18.5. The van der Waals surface area contributed by atoms with E-state index in [1.807, 2.05) is 31.2 Å². The van der Waals surface area contributed by atoms with Gasteiger partial charge in [0.25, 0.3) is 11.8 Å². The van der Waals surface area contributed by atoms with Gasteiger partial charge in [-0.1, -0.05) is 29.8 Å². The minimum atomic E-state index is -0.221. The lowest BCUT2D eigenvalue weighted by Gasteiger charge is -2.30. The zero-order valence-electron chi connectivity index (χ0n) is 15.2. The summed E-state index contributed by atoms with van der Waals surface area (Å²) in [4.78, 5) is 25.3. The number of nitrogens with one attached hydrogen (secondary N) is 3. The summed E-state index contributed by atoms with van der Waals surface area (Å²) >= 11 is 0. The highest BCUT2D eigenvalue weighted by molar-refractivity contribution is 6.09. The average molecular weight is 351 g/mol. The Morgan fingerprint density at radius 3 is 2.65 bits per heavy atom. The summed E-state index contributed by atoms with van der Waals surface area (Å²) in [6, 6.07) is 14.8. The van der Waals surface area contributed by atoms with E-state index in [2.05, 4.69) is 22.9 Å². The Bertz CT molecular complexity index is 803. The number of aryl methyl sites for hydroxylation is 1. The van der Waals surface area contributed by atoms with Crippen LogP contribution >= 0.6 is 0 Å². The molecule has 1 aliphatic heterocycles. The molecule has 0 spiro atoms. The van der Waals surface area contributed by atoms with Gasteiger partial charge in [-0.15, -0.1) is 0 Å². The molecule has 1 heterocycles. The highest BCUT2D eigenvalue weighted by atomic mass is 16.2. The van der Waals surface area contributed by atoms with Crippen molar-refractivity contribution in [1.82, 2.24) is 10.6 Å². The van der Waals surface area contributed by atoms with Gasteiger partial charge < -0.3 is 16.0 Å². The molecule has 0 radical (unpaired) electrons. The number of amides is 2. The summed E-state index contributed by atoms with van der Waals surface area (Å²) in [5.74, 6) is -0.382. The highest BCUT2D eigenvalue weighted by Crippen LogP contribution is 2.18. The molecule has 1 fully saturated rings. The fraction of sp³-hybridized carbons (Fsp3) is 0.333. The fourth-order valence-corrected chi connectivity index (χ4v) is 3.26. The van der Waals surface area contributed by atoms with Crippen LogP contribution in [0.2, 0.25) is 0 Å². The molecule has 2 aromatic carbocycles. The van der Waals surface area contributed by atoms with Gasteiger partial charge in [0.05, 0.1) is 11.3 Å². The molecule has 5 nitrogen and oxygen atoms in total. The monoisotopic (exact) mass is 351 g/mol. The number of hydrogen-bond acceptors (Lipinski definition) is 3. The molecule has 2 atom stereocenters. The predicted molar refractivity (Wildman–Crippen MR) is 104 cm³/mol. The molecule has 1 aliphatic rings. The van der Waals surface area contributed by atoms with E-state index in [0.29, 0.717) is 16.8 Å². The number of anilines is 1. The molecular formula is C21H25N3O2. The molecule has 1 saturated heterocycles. The molecule has 3 rings (SSSR count).